The lowest BCUT2D eigenvalue weighted by Crippen LogP contribution is -2.09. The molecule has 0 aliphatic heterocycles. The minimum absolute atomic E-state index is 0.255. The van der Waals surface area contributed by atoms with Crippen LogP contribution in [0.1, 0.15) is 38.2 Å². The maximum atomic E-state index is 9.29. The molecule has 126 valence electrons. The summed E-state index contributed by atoms with van der Waals surface area (Å²) < 4.78 is 7.25. The van der Waals surface area contributed by atoms with Crippen LogP contribution in [0.25, 0.3) is 0 Å². The van der Waals surface area contributed by atoms with E-state index < -0.39 is 6.29 Å². The SMILES string of the molecule is CC(O)OCc1nc(C(C)C)c(Sc2cc(Cl)cc(Cl)c2)n1C. The molecule has 0 aliphatic carbocycles. The summed E-state index contributed by atoms with van der Waals surface area (Å²) in [5.41, 5.74) is 0.984. The third kappa shape index (κ3) is 4.88. The van der Waals surface area contributed by atoms with Crippen LogP contribution in [-0.2, 0) is 18.4 Å². The van der Waals surface area contributed by atoms with E-state index in [4.69, 9.17) is 27.9 Å². The van der Waals surface area contributed by atoms with Gasteiger partial charge in [-0.2, -0.15) is 0 Å². The van der Waals surface area contributed by atoms with Gasteiger partial charge in [-0.3, -0.25) is 0 Å². The number of nitrogens with zero attached hydrogens (tertiary/aromatic N) is 2. The van der Waals surface area contributed by atoms with E-state index in [1.165, 1.54) is 0 Å². The minimum Gasteiger partial charge on any atom is -0.368 e. The average molecular weight is 375 g/mol. The molecule has 1 aromatic carbocycles. The molecule has 2 aromatic rings. The Morgan fingerprint density at radius 2 is 1.83 bits per heavy atom. The second kappa shape index (κ2) is 7.90. The molecule has 1 unspecified atom stereocenters. The van der Waals surface area contributed by atoms with Crippen molar-refractivity contribution in [2.24, 2.45) is 7.05 Å². The van der Waals surface area contributed by atoms with Crippen molar-refractivity contribution in [3.63, 3.8) is 0 Å². The Labute approximate surface area is 150 Å². The zero-order valence-electron chi connectivity index (χ0n) is 13.5. The Morgan fingerprint density at radius 1 is 1.22 bits per heavy atom. The van der Waals surface area contributed by atoms with Gasteiger partial charge in [-0.25, -0.2) is 4.98 Å². The summed E-state index contributed by atoms with van der Waals surface area (Å²) in [7, 11) is 1.94. The summed E-state index contributed by atoms with van der Waals surface area (Å²) in [5, 5.41) is 11.5. The van der Waals surface area contributed by atoms with E-state index in [9.17, 15) is 5.11 Å². The van der Waals surface area contributed by atoms with Crippen LogP contribution in [0.3, 0.4) is 0 Å². The number of halogens is 2. The highest BCUT2D eigenvalue weighted by molar-refractivity contribution is 7.99. The predicted octanol–water partition coefficient (Wildman–Crippen LogP) is 4.86. The van der Waals surface area contributed by atoms with Gasteiger partial charge < -0.3 is 14.4 Å². The van der Waals surface area contributed by atoms with Gasteiger partial charge in [0.25, 0.3) is 0 Å². The van der Waals surface area contributed by atoms with Crippen molar-refractivity contribution in [3.05, 3.63) is 39.8 Å². The number of aliphatic hydroxyl groups excluding tert-OH is 1. The summed E-state index contributed by atoms with van der Waals surface area (Å²) >= 11 is 13.7. The molecule has 0 fully saturated rings. The summed E-state index contributed by atoms with van der Waals surface area (Å²) in [6.45, 7) is 6.02. The van der Waals surface area contributed by atoms with Crippen LogP contribution < -0.4 is 0 Å². The van der Waals surface area contributed by atoms with Crippen molar-refractivity contribution >= 4 is 35.0 Å². The van der Waals surface area contributed by atoms with Gasteiger partial charge in [0.1, 0.15) is 17.5 Å². The van der Waals surface area contributed by atoms with Crippen LogP contribution in [0.15, 0.2) is 28.1 Å². The lowest BCUT2D eigenvalue weighted by molar-refractivity contribution is -0.0964. The molecule has 0 spiro atoms. The minimum atomic E-state index is -0.822. The zero-order valence-corrected chi connectivity index (χ0v) is 15.8. The number of hydrogen-bond donors (Lipinski definition) is 1. The van der Waals surface area contributed by atoms with Crippen molar-refractivity contribution in [1.29, 1.82) is 0 Å². The highest BCUT2D eigenvalue weighted by Crippen LogP contribution is 2.36. The lowest BCUT2D eigenvalue weighted by Gasteiger charge is -2.10. The third-order valence-electron chi connectivity index (χ3n) is 3.21. The van der Waals surface area contributed by atoms with Gasteiger partial charge in [-0.1, -0.05) is 48.8 Å². The van der Waals surface area contributed by atoms with E-state index >= 15 is 0 Å². The molecule has 2 rings (SSSR count). The first-order chi connectivity index (χ1) is 10.8. The second-order valence-electron chi connectivity index (χ2n) is 5.55. The average Bonchev–Trinajstić information content (AvgIpc) is 2.73. The highest BCUT2D eigenvalue weighted by atomic mass is 35.5. The van der Waals surface area contributed by atoms with Gasteiger partial charge in [0.15, 0.2) is 6.29 Å². The highest BCUT2D eigenvalue weighted by Gasteiger charge is 2.19. The van der Waals surface area contributed by atoms with Crippen molar-refractivity contribution in [1.82, 2.24) is 9.55 Å². The van der Waals surface area contributed by atoms with Crippen LogP contribution >= 0.6 is 35.0 Å². The summed E-state index contributed by atoms with van der Waals surface area (Å²) in [6.07, 6.45) is -0.822. The molecule has 0 aliphatic rings. The molecule has 7 heteroatoms. The number of ether oxygens (including phenoxy) is 1. The van der Waals surface area contributed by atoms with Crippen molar-refractivity contribution in [3.8, 4) is 0 Å². The summed E-state index contributed by atoms with van der Waals surface area (Å²) in [6, 6.07) is 5.46. The second-order valence-corrected chi connectivity index (χ2v) is 7.48. The van der Waals surface area contributed by atoms with Crippen LogP contribution in [0.2, 0.25) is 10.0 Å². The first kappa shape index (κ1) is 18.6. The molecule has 23 heavy (non-hydrogen) atoms. The maximum absolute atomic E-state index is 9.29. The van der Waals surface area contributed by atoms with Crippen LogP contribution in [0.4, 0.5) is 0 Å². The topological polar surface area (TPSA) is 47.3 Å². The normalized spacial score (nSPS) is 12.9. The predicted molar refractivity (Wildman–Crippen MR) is 94.4 cm³/mol. The number of imidazole rings is 1. The van der Waals surface area contributed by atoms with E-state index in [1.54, 1.807) is 24.8 Å². The van der Waals surface area contributed by atoms with Gasteiger partial charge in [0, 0.05) is 22.0 Å². The molecular formula is C16H20Cl2N2O2S. The molecule has 1 heterocycles. The van der Waals surface area contributed by atoms with Gasteiger partial charge in [-0.05, 0) is 31.0 Å². The van der Waals surface area contributed by atoms with E-state index in [-0.39, 0.29) is 12.5 Å². The number of rotatable bonds is 6. The Balaban J connectivity index is 2.35. The van der Waals surface area contributed by atoms with Crippen LogP contribution in [0, 0.1) is 0 Å². The fourth-order valence-corrected chi connectivity index (χ4v) is 3.95. The first-order valence-corrected chi connectivity index (χ1v) is 8.84. The molecular weight excluding hydrogens is 355 g/mol. The Morgan fingerprint density at radius 3 is 2.35 bits per heavy atom. The lowest BCUT2D eigenvalue weighted by atomic mass is 10.2. The van der Waals surface area contributed by atoms with Crippen LogP contribution in [-0.4, -0.2) is 20.9 Å². The van der Waals surface area contributed by atoms with Crippen molar-refractivity contribution < 1.29 is 9.84 Å². The number of aromatic nitrogens is 2. The molecule has 0 bridgehead atoms. The van der Waals surface area contributed by atoms with Crippen molar-refractivity contribution in [2.45, 2.75) is 49.5 Å². The standard InChI is InChI=1S/C16H20Cl2N2O2S/c1-9(2)15-16(20(4)14(19-15)8-22-10(3)21)23-13-6-11(17)5-12(18)7-13/h5-7,9-10,21H,8H2,1-4H3. The van der Waals surface area contributed by atoms with Crippen molar-refractivity contribution in [2.75, 3.05) is 0 Å². The van der Waals surface area contributed by atoms with Gasteiger partial charge in [-0.15, -0.1) is 0 Å². The maximum Gasteiger partial charge on any atom is 0.152 e. The fraction of sp³-hybridized carbons (Fsp3) is 0.438. The third-order valence-corrected chi connectivity index (χ3v) is 4.80. The van der Waals surface area contributed by atoms with Gasteiger partial charge >= 0.3 is 0 Å². The van der Waals surface area contributed by atoms with Gasteiger partial charge in [0.05, 0.1) is 5.69 Å². The largest absolute Gasteiger partial charge is 0.368 e. The molecule has 1 atom stereocenters. The fourth-order valence-electron chi connectivity index (χ4n) is 2.07. The molecule has 0 amide bonds. The van der Waals surface area contributed by atoms with E-state index in [0.717, 1.165) is 21.4 Å². The summed E-state index contributed by atoms with van der Waals surface area (Å²) in [5.74, 6) is 1.03. The van der Waals surface area contributed by atoms with Gasteiger partial charge in [0.2, 0.25) is 0 Å². The first-order valence-electron chi connectivity index (χ1n) is 7.27. The number of benzene rings is 1. The molecule has 0 radical (unpaired) electrons. The van der Waals surface area contributed by atoms with Crippen LogP contribution in [0.5, 0.6) is 0 Å². The molecule has 0 saturated heterocycles. The number of aliphatic hydroxyl groups is 1. The van der Waals surface area contributed by atoms with E-state index in [0.29, 0.717) is 10.0 Å². The smallest absolute Gasteiger partial charge is 0.152 e. The quantitative estimate of drug-likeness (QED) is 0.733. The zero-order chi connectivity index (χ0) is 17.1. The van der Waals surface area contributed by atoms with E-state index in [1.807, 2.05) is 23.7 Å². The monoisotopic (exact) mass is 374 g/mol. The Kier molecular flexibility index (Phi) is 6.40. The molecule has 4 nitrogen and oxygen atoms in total. The molecule has 0 saturated carbocycles. The Hall–Kier alpha value is -0.720. The molecule has 1 N–H and O–H groups in total. The van der Waals surface area contributed by atoms with E-state index in [2.05, 4.69) is 18.8 Å². The summed E-state index contributed by atoms with van der Waals surface area (Å²) in [4.78, 5) is 5.62. The number of hydrogen-bond acceptors (Lipinski definition) is 4. The Bertz CT molecular complexity index is 667. The molecule has 1 aromatic heterocycles.